The lowest BCUT2D eigenvalue weighted by atomic mass is 9.80. The minimum absolute atomic E-state index is 0.0179. The molecule has 0 heterocycles. The predicted molar refractivity (Wildman–Crippen MR) is 52.6 cm³/mol. The largest absolute Gasteiger partial charge is 0.482 e. The molecule has 0 aliphatic carbocycles. The molecular formula is C9H10BF3NO-. The maximum absolute atomic E-state index is 12.2. The van der Waals surface area contributed by atoms with Gasteiger partial charge in [-0.15, -0.1) is 0 Å². The predicted octanol–water partition coefficient (Wildman–Crippen LogP) is 1.98. The maximum atomic E-state index is 12.2. The molecule has 0 fully saturated rings. The number of halogens is 3. The Labute approximate surface area is 85.5 Å². The number of amides is 1. The Hall–Kier alpha value is -1.46. The van der Waals surface area contributed by atoms with Crippen LogP contribution in [0, 0.1) is 0 Å². The number of carbonyl (C=O) groups excluding carboxylic acids is 1. The van der Waals surface area contributed by atoms with E-state index in [1.54, 1.807) is 0 Å². The number of rotatable bonds is 3. The van der Waals surface area contributed by atoms with Gasteiger partial charge in [0.05, 0.1) is 0 Å². The van der Waals surface area contributed by atoms with E-state index in [9.17, 15) is 17.7 Å². The summed E-state index contributed by atoms with van der Waals surface area (Å²) < 4.78 is 36.7. The zero-order valence-corrected chi connectivity index (χ0v) is 8.14. The van der Waals surface area contributed by atoms with Gasteiger partial charge in [0, 0.05) is 12.6 Å². The average Bonchev–Trinajstić information content (AvgIpc) is 2.15. The fourth-order valence-electron chi connectivity index (χ4n) is 1.30. The summed E-state index contributed by atoms with van der Waals surface area (Å²) in [4.78, 5) is 11.2. The molecule has 1 aromatic rings. The lowest BCUT2D eigenvalue weighted by Crippen LogP contribution is -2.24. The van der Waals surface area contributed by atoms with Gasteiger partial charge in [-0.25, -0.2) is 0 Å². The van der Waals surface area contributed by atoms with Gasteiger partial charge < -0.3 is 18.3 Å². The second-order valence-corrected chi connectivity index (χ2v) is 3.15. The standard InChI is InChI=1S/C9H10BF3NO/c1-14-9(15)8-5-3-2-4-7(8)6-10(11,12)13/h2-5H,6H2,1H3,(H,14,15)/q-1. The van der Waals surface area contributed by atoms with Crippen LogP contribution in [0.25, 0.3) is 0 Å². The highest BCUT2D eigenvalue weighted by Gasteiger charge is 2.25. The molecule has 0 radical (unpaired) electrons. The summed E-state index contributed by atoms with van der Waals surface area (Å²) in [6.45, 7) is -4.92. The molecule has 0 spiro atoms. The Balaban J connectivity index is 3.02. The van der Waals surface area contributed by atoms with Gasteiger partial charge >= 0.3 is 6.98 Å². The smallest absolute Gasteiger partial charge is 0.449 e. The van der Waals surface area contributed by atoms with Crippen LogP contribution in [0.15, 0.2) is 24.3 Å². The van der Waals surface area contributed by atoms with Crippen molar-refractivity contribution in [1.29, 1.82) is 0 Å². The zero-order valence-electron chi connectivity index (χ0n) is 8.14. The van der Waals surface area contributed by atoms with Crippen LogP contribution in [-0.2, 0) is 6.32 Å². The summed E-state index contributed by atoms with van der Waals surface area (Å²) >= 11 is 0. The average molecular weight is 216 g/mol. The molecule has 1 amide bonds. The zero-order chi connectivity index (χ0) is 11.5. The van der Waals surface area contributed by atoms with Crippen LogP contribution < -0.4 is 5.32 Å². The Kier molecular flexibility index (Phi) is 3.39. The molecule has 0 aliphatic heterocycles. The van der Waals surface area contributed by atoms with Gasteiger partial charge in [-0.05, 0) is 6.07 Å². The quantitative estimate of drug-likeness (QED) is 0.769. The molecule has 0 aromatic heterocycles. The Morgan fingerprint density at radius 1 is 1.33 bits per heavy atom. The third-order valence-corrected chi connectivity index (χ3v) is 1.94. The SMILES string of the molecule is CNC(=O)c1ccccc1C[B-](F)(F)F. The van der Waals surface area contributed by atoms with Crippen molar-refractivity contribution in [3.05, 3.63) is 35.4 Å². The summed E-state index contributed by atoms with van der Waals surface area (Å²) in [5.74, 6) is -0.495. The van der Waals surface area contributed by atoms with E-state index in [0.29, 0.717) is 0 Å². The number of benzene rings is 1. The Morgan fingerprint density at radius 2 is 1.93 bits per heavy atom. The fourth-order valence-corrected chi connectivity index (χ4v) is 1.30. The molecule has 0 saturated carbocycles. The van der Waals surface area contributed by atoms with Crippen LogP contribution in [0.5, 0.6) is 0 Å². The highest BCUT2D eigenvalue weighted by Crippen LogP contribution is 2.19. The van der Waals surface area contributed by atoms with Crippen molar-refractivity contribution in [3.8, 4) is 0 Å². The fraction of sp³-hybridized carbons (Fsp3) is 0.222. The van der Waals surface area contributed by atoms with Crippen LogP contribution in [0.1, 0.15) is 15.9 Å². The van der Waals surface area contributed by atoms with Crippen molar-refractivity contribution < 1.29 is 17.7 Å². The highest BCUT2D eigenvalue weighted by atomic mass is 19.4. The molecule has 0 bridgehead atoms. The first-order valence-electron chi connectivity index (χ1n) is 4.45. The van der Waals surface area contributed by atoms with Gasteiger partial charge in [0.15, 0.2) is 0 Å². The minimum Gasteiger partial charge on any atom is -0.449 e. The lowest BCUT2D eigenvalue weighted by molar-refractivity contribution is 0.0962. The first kappa shape index (κ1) is 11.6. The van der Waals surface area contributed by atoms with Gasteiger partial charge in [-0.2, -0.15) is 0 Å². The summed E-state index contributed by atoms with van der Waals surface area (Å²) in [5, 5.41) is 2.31. The molecular weight excluding hydrogens is 206 g/mol. The van der Waals surface area contributed by atoms with E-state index in [1.807, 2.05) is 0 Å². The number of hydrogen-bond donors (Lipinski definition) is 1. The molecule has 2 nitrogen and oxygen atoms in total. The van der Waals surface area contributed by atoms with Gasteiger partial charge in [0.25, 0.3) is 5.91 Å². The molecule has 15 heavy (non-hydrogen) atoms. The van der Waals surface area contributed by atoms with Crippen molar-refractivity contribution in [3.63, 3.8) is 0 Å². The van der Waals surface area contributed by atoms with Crippen molar-refractivity contribution in [2.45, 2.75) is 6.32 Å². The van der Waals surface area contributed by atoms with Crippen LogP contribution >= 0.6 is 0 Å². The topological polar surface area (TPSA) is 29.1 Å². The first-order chi connectivity index (χ1) is 6.94. The Bertz CT molecular complexity index is 365. The van der Waals surface area contributed by atoms with E-state index in [0.717, 1.165) is 0 Å². The molecule has 0 unspecified atom stereocenters. The minimum atomic E-state index is -4.92. The lowest BCUT2D eigenvalue weighted by Gasteiger charge is -2.15. The summed E-state index contributed by atoms with van der Waals surface area (Å²) in [7, 11) is 1.39. The maximum Gasteiger partial charge on any atom is 0.482 e. The third-order valence-electron chi connectivity index (χ3n) is 1.94. The second-order valence-electron chi connectivity index (χ2n) is 3.15. The van der Waals surface area contributed by atoms with E-state index in [-0.39, 0.29) is 11.1 Å². The van der Waals surface area contributed by atoms with E-state index in [2.05, 4.69) is 5.32 Å². The normalized spacial score (nSPS) is 11.2. The first-order valence-corrected chi connectivity index (χ1v) is 4.45. The van der Waals surface area contributed by atoms with Crippen molar-refractivity contribution in [2.24, 2.45) is 0 Å². The van der Waals surface area contributed by atoms with Gasteiger partial charge in [0.2, 0.25) is 0 Å². The highest BCUT2D eigenvalue weighted by molar-refractivity contribution is 6.58. The van der Waals surface area contributed by atoms with Crippen LogP contribution in [0.3, 0.4) is 0 Å². The number of nitrogens with one attached hydrogen (secondary N) is 1. The van der Waals surface area contributed by atoms with Crippen molar-refractivity contribution in [2.75, 3.05) is 7.05 Å². The molecule has 1 N–H and O–H groups in total. The molecule has 0 saturated heterocycles. The van der Waals surface area contributed by atoms with Crippen LogP contribution in [0.2, 0.25) is 0 Å². The van der Waals surface area contributed by atoms with Gasteiger partial charge in [0.1, 0.15) is 0 Å². The summed E-state index contributed by atoms with van der Waals surface area (Å²) in [6.07, 6.45) is -1.02. The Morgan fingerprint density at radius 3 is 2.47 bits per heavy atom. The molecule has 1 rings (SSSR count). The van der Waals surface area contributed by atoms with Crippen LogP contribution in [0.4, 0.5) is 12.9 Å². The monoisotopic (exact) mass is 216 g/mol. The van der Waals surface area contributed by atoms with E-state index in [1.165, 1.54) is 31.3 Å². The number of carbonyl (C=O) groups is 1. The van der Waals surface area contributed by atoms with Crippen molar-refractivity contribution in [1.82, 2.24) is 5.32 Å². The van der Waals surface area contributed by atoms with Gasteiger partial charge in [-0.1, -0.05) is 30.1 Å². The van der Waals surface area contributed by atoms with E-state index < -0.39 is 19.2 Å². The van der Waals surface area contributed by atoms with Crippen LogP contribution in [-0.4, -0.2) is 19.9 Å². The summed E-state index contributed by atoms with van der Waals surface area (Å²) in [6, 6.07) is 5.73. The number of hydrogen-bond acceptors (Lipinski definition) is 1. The second kappa shape index (κ2) is 4.38. The third kappa shape index (κ3) is 3.30. The van der Waals surface area contributed by atoms with Crippen molar-refractivity contribution >= 4 is 12.9 Å². The van der Waals surface area contributed by atoms with E-state index >= 15 is 0 Å². The summed E-state index contributed by atoms with van der Waals surface area (Å²) in [5.41, 5.74) is 0.101. The van der Waals surface area contributed by atoms with Gasteiger partial charge in [-0.3, -0.25) is 4.79 Å². The molecule has 0 atom stereocenters. The molecule has 1 aromatic carbocycles. The molecule has 6 heteroatoms. The molecule has 0 aliphatic rings. The molecule has 82 valence electrons. The van der Waals surface area contributed by atoms with E-state index in [4.69, 9.17) is 0 Å².